The van der Waals surface area contributed by atoms with Gasteiger partial charge in [0.15, 0.2) is 0 Å². The van der Waals surface area contributed by atoms with Gasteiger partial charge in [-0.15, -0.1) is 0 Å². The molecule has 0 atom stereocenters. The molecule has 0 amide bonds. The highest BCUT2D eigenvalue weighted by atomic mass is 16.3. The van der Waals surface area contributed by atoms with Gasteiger partial charge in [0.25, 0.3) is 0 Å². The Bertz CT molecular complexity index is 614. The second kappa shape index (κ2) is 5.77. The highest BCUT2D eigenvalue weighted by Crippen LogP contribution is 2.29. The van der Waals surface area contributed by atoms with E-state index in [-0.39, 0.29) is 5.75 Å². The fourth-order valence-electron chi connectivity index (χ4n) is 2.95. The van der Waals surface area contributed by atoms with Crippen LogP contribution in [0.4, 0.5) is 5.69 Å². The van der Waals surface area contributed by atoms with E-state index in [0.717, 1.165) is 49.4 Å². The Morgan fingerprint density at radius 3 is 2.62 bits per heavy atom. The minimum atomic E-state index is 0.252. The zero-order valence-electron chi connectivity index (χ0n) is 12.4. The number of para-hydroxylation sites is 2. The third-order valence-electron chi connectivity index (χ3n) is 4.17. The van der Waals surface area contributed by atoms with E-state index in [1.165, 1.54) is 0 Å². The molecule has 1 aromatic carbocycles. The number of anilines is 1. The molecule has 1 fully saturated rings. The Balaban J connectivity index is 1.96. The lowest BCUT2D eigenvalue weighted by Gasteiger charge is -2.31. The van der Waals surface area contributed by atoms with Crippen molar-refractivity contribution in [3.63, 3.8) is 0 Å². The number of hydrogen-bond donors (Lipinski definition) is 2. The van der Waals surface area contributed by atoms with Gasteiger partial charge in [-0.1, -0.05) is 19.1 Å². The standard InChI is InChI=1S/C16H22N4O/c1-2-13-15(19-9-7-12(17)8-10-19)11-18-20(13)14-5-3-4-6-16(14)21/h3-6,11-12,21H,2,7-10,17H2,1H3. The van der Waals surface area contributed by atoms with Crippen LogP contribution in [-0.2, 0) is 6.42 Å². The number of rotatable bonds is 3. The van der Waals surface area contributed by atoms with Gasteiger partial charge in [-0.25, -0.2) is 4.68 Å². The van der Waals surface area contributed by atoms with Crippen molar-refractivity contribution >= 4 is 5.69 Å². The summed E-state index contributed by atoms with van der Waals surface area (Å²) in [6.07, 6.45) is 4.81. The Morgan fingerprint density at radius 1 is 1.24 bits per heavy atom. The zero-order valence-corrected chi connectivity index (χ0v) is 12.4. The summed E-state index contributed by atoms with van der Waals surface area (Å²) in [6.45, 7) is 4.06. The summed E-state index contributed by atoms with van der Waals surface area (Å²) in [6, 6.07) is 7.63. The van der Waals surface area contributed by atoms with E-state index >= 15 is 0 Å². The first-order chi connectivity index (χ1) is 10.2. The molecule has 1 aromatic heterocycles. The number of phenols is 1. The first-order valence-electron chi connectivity index (χ1n) is 7.56. The molecule has 21 heavy (non-hydrogen) atoms. The summed E-state index contributed by atoms with van der Waals surface area (Å²) in [5, 5.41) is 14.5. The van der Waals surface area contributed by atoms with Crippen molar-refractivity contribution in [1.29, 1.82) is 0 Å². The molecule has 0 unspecified atom stereocenters. The molecule has 2 aromatic rings. The van der Waals surface area contributed by atoms with E-state index in [1.54, 1.807) is 6.07 Å². The van der Waals surface area contributed by atoms with Crippen LogP contribution >= 0.6 is 0 Å². The van der Waals surface area contributed by atoms with E-state index in [0.29, 0.717) is 6.04 Å². The van der Waals surface area contributed by atoms with Crippen LogP contribution in [0.1, 0.15) is 25.5 Å². The Morgan fingerprint density at radius 2 is 1.95 bits per heavy atom. The first-order valence-corrected chi connectivity index (χ1v) is 7.56. The number of nitrogens with zero attached hydrogens (tertiary/aromatic N) is 3. The number of aromatic hydroxyl groups is 1. The van der Waals surface area contributed by atoms with E-state index in [1.807, 2.05) is 29.1 Å². The Hall–Kier alpha value is -2.01. The molecule has 1 aliphatic heterocycles. The normalized spacial score (nSPS) is 16.4. The van der Waals surface area contributed by atoms with Crippen LogP contribution in [0.5, 0.6) is 5.75 Å². The van der Waals surface area contributed by atoms with Crippen LogP contribution < -0.4 is 10.6 Å². The number of nitrogens with two attached hydrogens (primary N) is 1. The van der Waals surface area contributed by atoms with Gasteiger partial charge in [0, 0.05) is 19.1 Å². The molecule has 0 radical (unpaired) electrons. The average Bonchev–Trinajstić information content (AvgIpc) is 2.92. The fourth-order valence-corrected chi connectivity index (χ4v) is 2.95. The Kier molecular flexibility index (Phi) is 3.84. The summed E-state index contributed by atoms with van der Waals surface area (Å²) < 4.78 is 1.85. The molecule has 2 heterocycles. The topological polar surface area (TPSA) is 67.3 Å². The van der Waals surface area contributed by atoms with Crippen LogP contribution in [0.25, 0.3) is 5.69 Å². The molecule has 112 valence electrons. The van der Waals surface area contributed by atoms with Crippen LogP contribution in [0.2, 0.25) is 0 Å². The number of phenolic OH excluding ortho intramolecular Hbond substituents is 1. The Labute approximate surface area is 125 Å². The van der Waals surface area contributed by atoms with E-state index in [2.05, 4.69) is 16.9 Å². The van der Waals surface area contributed by atoms with Gasteiger partial charge in [0.05, 0.1) is 17.6 Å². The number of piperidine rings is 1. The van der Waals surface area contributed by atoms with Gasteiger partial charge in [-0.2, -0.15) is 5.10 Å². The maximum Gasteiger partial charge on any atom is 0.141 e. The molecule has 5 heteroatoms. The van der Waals surface area contributed by atoms with Crippen molar-refractivity contribution in [3.05, 3.63) is 36.2 Å². The first kappa shape index (κ1) is 13.9. The zero-order chi connectivity index (χ0) is 14.8. The van der Waals surface area contributed by atoms with Crippen molar-refractivity contribution in [2.24, 2.45) is 5.73 Å². The SMILES string of the molecule is CCc1c(N2CCC(N)CC2)cnn1-c1ccccc1O. The second-order valence-electron chi connectivity index (χ2n) is 5.56. The largest absolute Gasteiger partial charge is 0.506 e. The monoisotopic (exact) mass is 286 g/mol. The fraction of sp³-hybridized carbons (Fsp3) is 0.438. The van der Waals surface area contributed by atoms with E-state index in [4.69, 9.17) is 5.73 Å². The molecule has 0 aliphatic carbocycles. The van der Waals surface area contributed by atoms with Gasteiger partial charge in [0.2, 0.25) is 0 Å². The van der Waals surface area contributed by atoms with Crippen molar-refractivity contribution in [3.8, 4) is 11.4 Å². The molecule has 3 N–H and O–H groups in total. The minimum absolute atomic E-state index is 0.252. The van der Waals surface area contributed by atoms with Crippen molar-refractivity contribution in [2.45, 2.75) is 32.2 Å². The smallest absolute Gasteiger partial charge is 0.141 e. The second-order valence-corrected chi connectivity index (χ2v) is 5.56. The third kappa shape index (κ3) is 2.61. The van der Waals surface area contributed by atoms with Gasteiger partial charge in [-0.3, -0.25) is 0 Å². The van der Waals surface area contributed by atoms with Crippen LogP contribution in [-0.4, -0.2) is 34.0 Å². The molecular formula is C16H22N4O. The highest BCUT2D eigenvalue weighted by molar-refractivity contribution is 5.55. The summed E-state index contributed by atoms with van der Waals surface area (Å²) in [5.41, 5.74) is 9.00. The minimum Gasteiger partial charge on any atom is -0.506 e. The highest BCUT2D eigenvalue weighted by Gasteiger charge is 2.21. The van der Waals surface area contributed by atoms with Crippen molar-refractivity contribution in [2.75, 3.05) is 18.0 Å². The van der Waals surface area contributed by atoms with E-state index < -0.39 is 0 Å². The summed E-state index contributed by atoms with van der Waals surface area (Å²) in [4.78, 5) is 2.35. The lowest BCUT2D eigenvalue weighted by molar-refractivity contribution is 0.469. The molecule has 1 saturated heterocycles. The van der Waals surface area contributed by atoms with Gasteiger partial charge < -0.3 is 15.7 Å². The summed E-state index contributed by atoms with van der Waals surface area (Å²) in [7, 11) is 0. The summed E-state index contributed by atoms with van der Waals surface area (Å²) in [5.74, 6) is 0.252. The predicted octanol–water partition coefficient (Wildman–Crippen LogP) is 2.07. The number of hydrogen-bond acceptors (Lipinski definition) is 4. The summed E-state index contributed by atoms with van der Waals surface area (Å²) >= 11 is 0. The average molecular weight is 286 g/mol. The van der Waals surface area contributed by atoms with Crippen LogP contribution in [0, 0.1) is 0 Å². The van der Waals surface area contributed by atoms with Gasteiger partial charge in [0.1, 0.15) is 11.4 Å². The predicted molar refractivity (Wildman–Crippen MR) is 84.0 cm³/mol. The molecule has 0 spiro atoms. The van der Waals surface area contributed by atoms with E-state index in [9.17, 15) is 5.11 Å². The maximum absolute atomic E-state index is 10.0. The maximum atomic E-state index is 10.0. The quantitative estimate of drug-likeness (QED) is 0.906. The van der Waals surface area contributed by atoms with Crippen molar-refractivity contribution in [1.82, 2.24) is 9.78 Å². The van der Waals surface area contributed by atoms with Gasteiger partial charge >= 0.3 is 0 Å². The number of aromatic nitrogens is 2. The third-order valence-corrected chi connectivity index (χ3v) is 4.17. The van der Waals surface area contributed by atoms with Crippen LogP contribution in [0.15, 0.2) is 30.5 Å². The van der Waals surface area contributed by atoms with Crippen molar-refractivity contribution < 1.29 is 5.11 Å². The van der Waals surface area contributed by atoms with Gasteiger partial charge in [-0.05, 0) is 31.4 Å². The number of benzene rings is 1. The van der Waals surface area contributed by atoms with Crippen LogP contribution in [0.3, 0.4) is 0 Å². The molecule has 1 aliphatic rings. The molecule has 3 rings (SSSR count). The molecule has 0 bridgehead atoms. The lowest BCUT2D eigenvalue weighted by Crippen LogP contribution is -2.39. The lowest BCUT2D eigenvalue weighted by atomic mass is 10.1. The molecule has 0 saturated carbocycles. The molecule has 5 nitrogen and oxygen atoms in total. The molecular weight excluding hydrogens is 264 g/mol.